The predicted molar refractivity (Wildman–Crippen MR) is 109 cm³/mol. The summed E-state index contributed by atoms with van der Waals surface area (Å²) in [5.41, 5.74) is 4.07. The van der Waals surface area contributed by atoms with Crippen LogP contribution in [0.2, 0.25) is 0 Å². The smallest absolute Gasteiger partial charge is 0.231 e. The molecule has 1 heterocycles. The van der Waals surface area contributed by atoms with E-state index in [1.807, 2.05) is 32.1 Å². The van der Waals surface area contributed by atoms with Gasteiger partial charge in [-0.25, -0.2) is 0 Å². The predicted octanol–water partition coefficient (Wildman–Crippen LogP) is 5.95. The summed E-state index contributed by atoms with van der Waals surface area (Å²) in [5.74, 6) is 1.48. The van der Waals surface area contributed by atoms with Crippen LogP contribution in [0.1, 0.15) is 56.1 Å². The van der Waals surface area contributed by atoms with Crippen molar-refractivity contribution in [3.63, 3.8) is 0 Å². The molecule has 2 aromatic carbocycles. The van der Waals surface area contributed by atoms with Crippen molar-refractivity contribution in [1.82, 2.24) is 0 Å². The van der Waals surface area contributed by atoms with Gasteiger partial charge in [0.05, 0.1) is 5.56 Å². The Morgan fingerprint density at radius 3 is 2.41 bits per heavy atom. The Labute approximate surface area is 161 Å². The summed E-state index contributed by atoms with van der Waals surface area (Å²) in [6.45, 7) is 11.1. The van der Waals surface area contributed by atoms with E-state index >= 15 is 0 Å². The minimum atomic E-state index is -0.0965. The molecule has 1 aliphatic heterocycles. The Morgan fingerprint density at radius 1 is 1.07 bits per heavy atom. The van der Waals surface area contributed by atoms with Crippen LogP contribution in [0.5, 0.6) is 11.5 Å². The first-order valence-electron chi connectivity index (χ1n) is 9.19. The molecule has 3 rings (SSSR count). The van der Waals surface area contributed by atoms with Gasteiger partial charge in [0.2, 0.25) is 5.78 Å². The van der Waals surface area contributed by atoms with Gasteiger partial charge in [-0.05, 0) is 54.7 Å². The molecule has 27 heavy (non-hydrogen) atoms. The quantitative estimate of drug-likeness (QED) is 0.498. The molecular formula is C24H26O3. The summed E-state index contributed by atoms with van der Waals surface area (Å²) in [6, 6.07) is 13.6. The van der Waals surface area contributed by atoms with Gasteiger partial charge >= 0.3 is 0 Å². The maximum Gasteiger partial charge on any atom is 0.231 e. The average Bonchev–Trinajstić information content (AvgIpc) is 2.90. The number of rotatable bonds is 4. The fourth-order valence-electron chi connectivity index (χ4n) is 2.79. The molecule has 3 nitrogen and oxygen atoms in total. The highest BCUT2D eigenvalue weighted by Crippen LogP contribution is 2.35. The molecule has 0 fully saturated rings. The van der Waals surface area contributed by atoms with Gasteiger partial charge in [0.1, 0.15) is 18.1 Å². The zero-order chi connectivity index (χ0) is 19.6. The Morgan fingerprint density at radius 2 is 1.78 bits per heavy atom. The lowest BCUT2D eigenvalue weighted by Crippen LogP contribution is -2.10. The lowest BCUT2D eigenvalue weighted by molar-refractivity contribution is 0.101. The lowest BCUT2D eigenvalue weighted by Gasteiger charge is -2.18. The van der Waals surface area contributed by atoms with E-state index in [4.69, 9.17) is 9.47 Å². The van der Waals surface area contributed by atoms with Crippen LogP contribution < -0.4 is 9.47 Å². The normalized spacial score (nSPS) is 14.7. The van der Waals surface area contributed by atoms with Crippen molar-refractivity contribution >= 4 is 11.9 Å². The number of hydrogen-bond acceptors (Lipinski definition) is 3. The Balaban J connectivity index is 1.77. The molecule has 1 aliphatic rings. The van der Waals surface area contributed by atoms with E-state index in [2.05, 4.69) is 32.9 Å². The Bertz CT molecular complexity index is 906. The van der Waals surface area contributed by atoms with Crippen molar-refractivity contribution in [2.75, 3.05) is 6.61 Å². The van der Waals surface area contributed by atoms with Gasteiger partial charge in [-0.3, -0.25) is 4.79 Å². The number of ketones is 1. The van der Waals surface area contributed by atoms with Crippen molar-refractivity contribution in [3.05, 3.63) is 76.6 Å². The molecule has 0 saturated heterocycles. The minimum absolute atomic E-state index is 0.0965. The summed E-state index contributed by atoms with van der Waals surface area (Å²) in [7, 11) is 0. The van der Waals surface area contributed by atoms with Crippen molar-refractivity contribution in [2.24, 2.45) is 0 Å². The topological polar surface area (TPSA) is 35.5 Å². The van der Waals surface area contributed by atoms with E-state index in [-0.39, 0.29) is 11.2 Å². The van der Waals surface area contributed by atoms with Crippen LogP contribution in [0, 0.1) is 0 Å². The first-order chi connectivity index (χ1) is 12.7. The summed E-state index contributed by atoms with van der Waals surface area (Å²) < 4.78 is 11.5. The van der Waals surface area contributed by atoms with Crippen LogP contribution in [0.25, 0.3) is 6.08 Å². The fraction of sp³-hybridized carbons (Fsp3) is 0.292. The van der Waals surface area contributed by atoms with Crippen molar-refractivity contribution < 1.29 is 14.3 Å². The molecule has 0 spiro atoms. The molecule has 0 atom stereocenters. The zero-order valence-electron chi connectivity index (χ0n) is 16.6. The largest absolute Gasteiger partial charge is 0.489 e. The van der Waals surface area contributed by atoms with Crippen LogP contribution in [-0.4, -0.2) is 12.4 Å². The van der Waals surface area contributed by atoms with Gasteiger partial charge < -0.3 is 9.47 Å². The molecule has 0 bridgehead atoms. The number of ether oxygens (including phenoxy) is 2. The van der Waals surface area contributed by atoms with Gasteiger partial charge in [0.25, 0.3) is 0 Å². The zero-order valence-corrected chi connectivity index (χ0v) is 16.6. The first kappa shape index (κ1) is 19.0. The number of hydrogen-bond donors (Lipinski definition) is 0. The van der Waals surface area contributed by atoms with Gasteiger partial charge in [-0.15, -0.1) is 0 Å². The van der Waals surface area contributed by atoms with Crippen LogP contribution in [-0.2, 0) is 5.41 Å². The highest BCUT2D eigenvalue weighted by molar-refractivity contribution is 6.14. The van der Waals surface area contributed by atoms with Crippen LogP contribution in [0.4, 0.5) is 0 Å². The van der Waals surface area contributed by atoms with Gasteiger partial charge in [0, 0.05) is 6.07 Å². The third-order valence-corrected chi connectivity index (χ3v) is 4.46. The molecule has 0 radical (unpaired) electrons. The first-order valence-corrected chi connectivity index (χ1v) is 9.19. The summed E-state index contributed by atoms with van der Waals surface area (Å²) in [6.07, 6.45) is 3.80. The SMILES string of the molecule is CC(C)=CCOc1ccc2c(c1)O/C(=C\c1ccc(C(C)(C)C)cc1)C2=O. The third kappa shape index (κ3) is 4.48. The van der Waals surface area contributed by atoms with E-state index in [0.29, 0.717) is 29.4 Å². The van der Waals surface area contributed by atoms with Crippen LogP contribution in [0.15, 0.2) is 59.9 Å². The summed E-state index contributed by atoms with van der Waals surface area (Å²) in [4.78, 5) is 12.6. The molecule has 0 unspecified atom stereocenters. The van der Waals surface area contributed by atoms with Crippen molar-refractivity contribution in [2.45, 2.75) is 40.0 Å². The lowest BCUT2D eigenvalue weighted by atomic mass is 9.86. The monoisotopic (exact) mass is 362 g/mol. The molecule has 2 aromatic rings. The average molecular weight is 362 g/mol. The second-order valence-corrected chi connectivity index (χ2v) is 8.06. The number of benzene rings is 2. The van der Waals surface area contributed by atoms with E-state index in [0.717, 1.165) is 5.56 Å². The fourth-order valence-corrected chi connectivity index (χ4v) is 2.79. The highest BCUT2D eigenvalue weighted by atomic mass is 16.5. The molecule has 0 N–H and O–H groups in total. The number of carbonyl (C=O) groups excluding carboxylic acids is 1. The van der Waals surface area contributed by atoms with Crippen molar-refractivity contribution in [1.29, 1.82) is 0 Å². The maximum absolute atomic E-state index is 12.6. The second kappa shape index (κ2) is 7.43. The molecule has 0 aromatic heterocycles. The molecule has 0 saturated carbocycles. The molecule has 0 aliphatic carbocycles. The Hall–Kier alpha value is -2.81. The second-order valence-electron chi connectivity index (χ2n) is 8.06. The van der Waals surface area contributed by atoms with E-state index in [1.54, 1.807) is 24.3 Å². The molecule has 0 amide bonds. The van der Waals surface area contributed by atoms with E-state index < -0.39 is 0 Å². The molecule has 3 heteroatoms. The minimum Gasteiger partial charge on any atom is -0.489 e. The Kier molecular flexibility index (Phi) is 5.22. The van der Waals surface area contributed by atoms with Gasteiger partial charge in [0.15, 0.2) is 5.76 Å². The summed E-state index contributed by atoms with van der Waals surface area (Å²) in [5, 5.41) is 0. The summed E-state index contributed by atoms with van der Waals surface area (Å²) >= 11 is 0. The van der Waals surface area contributed by atoms with E-state index in [1.165, 1.54) is 11.1 Å². The standard InChI is InChI=1S/C24H26O3/c1-16(2)12-13-26-19-10-11-20-21(15-19)27-22(23(20)25)14-17-6-8-18(9-7-17)24(3,4)5/h6-12,14-15H,13H2,1-5H3/b22-14-. The maximum atomic E-state index is 12.6. The molecule has 140 valence electrons. The van der Waals surface area contributed by atoms with E-state index in [9.17, 15) is 4.79 Å². The number of allylic oxidation sites excluding steroid dienone is 2. The van der Waals surface area contributed by atoms with Gasteiger partial charge in [-0.2, -0.15) is 0 Å². The highest BCUT2D eigenvalue weighted by Gasteiger charge is 2.27. The number of carbonyl (C=O) groups is 1. The van der Waals surface area contributed by atoms with Crippen LogP contribution >= 0.6 is 0 Å². The number of fused-ring (bicyclic) bond motifs is 1. The van der Waals surface area contributed by atoms with Crippen LogP contribution in [0.3, 0.4) is 0 Å². The number of Topliss-reactive ketones (excluding diaryl/α,β-unsaturated/α-hetero) is 1. The third-order valence-electron chi connectivity index (χ3n) is 4.46. The van der Waals surface area contributed by atoms with Crippen molar-refractivity contribution in [3.8, 4) is 11.5 Å². The van der Waals surface area contributed by atoms with Gasteiger partial charge in [-0.1, -0.05) is 50.6 Å². The molecular weight excluding hydrogens is 336 g/mol.